The summed E-state index contributed by atoms with van der Waals surface area (Å²) < 4.78 is 5.86. The lowest BCUT2D eigenvalue weighted by molar-refractivity contribution is -0.132. The van der Waals surface area contributed by atoms with Crippen molar-refractivity contribution in [2.45, 2.75) is 39.2 Å². The van der Waals surface area contributed by atoms with Gasteiger partial charge in [0.1, 0.15) is 15.5 Å². The number of benzene rings is 1. The Bertz CT molecular complexity index is 1620. The molecule has 2 N–H and O–H groups in total. The zero-order valence-electron chi connectivity index (χ0n) is 22.1. The highest BCUT2D eigenvalue weighted by Gasteiger charge is 2.34. The van der Waals surface area contributed by atoms with E-state index in [1.54, 1.807) is 40.4 Å². The van der Waals surface area contributed by atoms with Crippen LogP contribution >= 0.6 is 11.3 Å². The lowest BCUT2D eigenvalue weighted by Gasteiger charge is -2.33. The third-order valence-corrected chi connectivity index (χ3v) is 8.23. The third-order valence-electron chi connectivity index (χ3n) is 7.13. The molecule has 0 spiro atoms. The quantitative estimate of drug-likeness (QED) is 0.319. The molecule has 11 heteroatoms. The van der Waals surface area contributed by atoms with E-state index in [0.717, 1.165) is 23.8 Å². The van der Waals surface area contributed by atoms with E-state index < -0.39 is 0 Å². The van der Waals surface area contributed by atoms with Crippen molar-refractivity contribution in [3.05, 3.63) is 65.3 Å². The second-order valence-corrected chi connectivity index (χ2v) is 10.8. The van der Waals surface area contributed by atoms with Crippen LogP contribution in [-0.2, 0) is 4.79 Å². The summed E-state index contributed by atoms with van der Waals surface area (Å²) >= 11 is 1.25. The van der Waals surface area contributed by atoms with Crippen molar-refractivity contribution in [1.29, 1.82) is 0 Å². The number of aryl methyl sites for hydroxylation is 1. The van der Waals surface area contributed by atoms with Gasteiger partial charge in [0.05, 0.1) is 22.4 Å². The van der Waals surface area contributed by atoms with Crippen molar-refractivity contribution in [2.24, 2.45) is 0 Å². The molecule has 2 aliphatic heterocycles. The Morgan fingerprint density at radius 3 is 2.80 bits per heavy atom. The van der Waals surface area contributed by atoms with Crippen LogP contribution in [0.1, 0.15) is 41.4 Å². The van der Waals surface area contributed by atoms with E-state index >= 15 is 0 Å². The molecule has 0 aliphatic carbocycles. The van der Waals surface area contributed by atoms with Crippen LogP contribution in [0, 0.1) is 6.92 Å². The van der Waals surface area contributed by atoms with Crippen molar-refractivity contribution in [3.8, 4) is 11.6 Å². The number of nitrogens with zero attached hydrogens (tertiary/aromatic N) is 4. The Hall–Kier alpha value is -4.51. The van der Waals surface area contributed by atoms with E-state index in [1.165, 1.54) is 11.3 Å². The van der Waals surface area contributed by atoms with Crippen molar-refractivity contribution in [2.75, 3.05) is 23.3 Å². The summed E-state index contributed by atoms with van der Waals surface area (Å²) in [5.74, 6) is 0.895. The molecule has 1 atom stereocenters. The summed E-state index contributed by atoms with van der Waals surface area (Å²) in [6.45, 7) is 4.95. The van der Waals surface area contributed by atoms with Crippen LogP contribution in [0.25, 0.3) is 10.2 Å². The number of urea groups is 1. The van der Waals surface area contributed by atoms with Crippen LogP contribution in [0.5, 0.6) is 11.6 Å². The van der Waals surface area contributed by atoms with Crippen molar-refractivity contribution in [1.82, 2.24) is 20.2 Å². The fourth-order valence-electron chi connectivity index (χ4n) is 5.25. The highest BCUT2D eigenvalue weighted by atomic mass is 32.1. The van der Waals surface area contributed by atoms with E-state index in [-0.39, 0.29) is 23.9 Å². The molecule has 0 saturated carbocycles. The normalized spacial score (nSPS) is 16.6. The van der Waals surface area contributed by atoms with Gasteiger partial charge in [-0.2, -0.15) is 0 Å². The Labute approximate surface area is 235 Å². The molecule has 1 aromatic carbocycles. The van der Waals surface area contributed by atoms with E-state index in [4.69, 9.17) is 4.74 Å². The van der Waals surface area contributed by atoms with Crippen LogP contribution in [0.15, 0.2) is 54.9 Å². The number of hydrogen-bond donors (Lipinski definition) is 2. The molecule has 0 radical (unpaired) electrons. The summed E-state index contributed by atoms with van der Waals surface area (Å²) in [5, 5.41) is 6.75. The van der Waals surface area contributed by atoms with Gasteiger partial charge in [0, 0.05) is 44.0 Å². The molecule has 1 saturated heterocycles. The van der Waals surface area contributed by atoms with Crippen molar-refractivity contribution >= 4 is 56.5 Å². The molecule has 3 aromatic heterocycles. The topological polar surface area (TPSA) is 117 Å². The lowest BCUT2D eigenvalue weighted by Crippen LogP contribution is -2.49. The standard InChI is InChI=1S/C29H28N6O4S/c1-3-23(36)34-14-6-7-18(16-34)32-27(37)26-25-24-21(11-13-31-28(24)40-26)35(29(38)33-25)20-10-9-19(15-17(20)2)39-22-8-4-5-12-30-22/h4-5,8-13,15,18H,3,6-7,14,16H2,1-2H3,(H,32,37)(H,33,38). The third kappa shape index (κ3) is 4.73. The minimum absolute atomic E-state index is 0.0868. The first-order valence-corrected chi connectivity index (χ1v) is 14.1. The van der Waals surface area contributed by atoms with Crippen LogP contribution in [0.3, 0.4) is 0 Å². The van der Waals surface area contributed by atoms with Gasteiger partial charge in [-0.25, -0.2) is 14.8 Å². The minimum atomic E-state index is -0.369. The number of amides is 4. The molecular weight excluding hydrogens is 528 g/mol. The maximum atomic E-state index is 13.5. The zero-order valence-corrected chi connectivity index (χ0v) is 23.0. The maximum Gasteiger partial charge on any atom is 0.331 e. The van der Waals surface area contributed by atoms with Gasteiger partial charge in [-0.1, -0.05) is 13.0 Å². The van der Waals surface area contributed by atoms with Gasteiger partial charge >= 0.3 is 6.03 Å². The van der Waals surface area contributed by atoms with E-state index in [1.807, 2.05) is 38.1 Å². The highest BCUT2D eigenvalue weighted by Crippen LogP contribution is 2.46. The number of anilines is 3. The Morgan fingerprint density at radius 2 is 2.02 bits per heavy atom. The number of rotatable bonds is 6. The SMILES string of the molecule is CCC(=O)N1CCCC(NC(=O)c2sc3nccc4c3c2NC(=O)N4c2ccc(Oc3ccccn3)cc2C)C1. The number of carbonyl (C=O) groups excluding carboxylic acids is 3. The first-order chi connectivity index (χ1) is 19.4. The van der Waals surface area contributed by atoms with Crippen LogP contribution < -0.4 is 20.3 Å². The first-order valence-electron chi connectivity index (χ1n) is 13.2. The molecule has 5 heterocycles. The van der Waals surface area contributed by atoms with Crippen molar-refractivity contribution < 1.29 is 19.1 Å². The van der Waals surface area contributed by atoms with Gasteiger partial charge in [0.2, 0.25) is 11.8 Å². The summed E-state index contributed by atoms with van der Waals surface area (Å²) in [5.41, 5.74) is 2.63. The van der Waals surface area contributed by atoms with E-state index in [2.05, 4.69) is 20.6 Å². The second-order valence-electron chi connectivity index (χ2n) is 9.81. The summed E-state index contributed by atoms with van der Waals surface area (Å²) in [7, 11) is 0. The number of pyridine rings is 2. The predicted octanol–water partition coefficient (Wildman–Crippen LogP) is 5.61. The second kappa shape index (κ2) is 10.6. The number of ether oxygens (including phenoxy) is 1. The first kappa shape index (κ1) is 25.8. The Kier molecular flexibility index (Phi) is 6.81. The monoisotopic (exact) mass is 556 g/mol. The molecule has 1 fully saturated rings. The van der Waals surface area contributed by atoms with Gasteiger partial charge in [0.25, 0.3) is 5.91 Å². The van der Waals surface area contributed by atoms with Gasteiger partial charge in [-0.3, -0.25) is 14.5 Å². The number of nitrogens with one attached hydrogen (secondary N) is 2. The smallest absolute Gasteiger partial charge is 0.331 e. The van der Waals surface area contributed by atoms with Gasteiger partial charge in [-0.15, -0.1) is 11.3 Å². The summed E-state index contributed by atoms with van der Waals surface area (Å²) in [4.78, 5) is 52.3. The minimum Gasteiger partial charge on any atom is -0.439 e. The summed E-state index contributed by atoms with van der Waals surface area (Å²) in [6.07, 6.45) is 5.38. The molecule has 4 amide bonds. The Morgan fingerprint density at radius 1 is 1.15 bits per heavy atom. The highest BCUT2D eigenvalue weighted by molar-refractivity contribution is 7.21. The molecule has 2 aliphatic rings. The molecule has 40 heavy (non-hydrogen) atoms. The largest absolute Gasteiger partial charge is 0.439 e. The fraction of sp³-hybridized carbons (Fsp3) is 0.276. The average Bonchev–Trinajstić information content (AvgIpc) is 3.33. The number of hydrogen-bond acceptors (Lipinski definition) is 7. The van der Waals surface area contributed by atoms with E-state index in [9.17, 15) is 14.4 Å². The molecular formula is C29H28N6O4S. The summed E-state index contributed by atoms with van der Waals surface area (Å²) in [6, 6.07) is 12.2. The Balaban J connectivity index is 1.29. The fourth-order valence-corrected chi connectivity index (χ4v) is 6.27. The number of likely N-dealkylation sites (tertiary alicyclic amines) is 1. The number of piperidine rings is 1. The molecule has 0 bridgehead atoms. The zero-order chi connectivity index (χ0) is 27.8. The molecule has 6 rings (SSSR count). The van der Waals surface area contributed by atoms with E-state index in [0.29, 0.717) is 57.9 Å². The van der Waals surface area contributed by atoms with Gasteiger partial charge in [0.15, 0.2) is 0 Å². The molecule has 204 valence electrons. The van der Waals surface area contributed by atoms with Gasteiger partial charge in [-0.05, 0) is 55.7 Å². The van der Waals surface area contributed by atoms with Crippen LogP contribution in [-0.4, -0.2) is 51.8 Å². The van der Waals surface area contributed by atoms with Crippen LogP contribution in [0.2, 0.25) is 0 Å². The molecule has 4 aromatic rings. The number of aromatic nitrogens is 2. The predicted molar refractivity (Wildman–Crippen MR) is 154 cm³/mol. The number of carbonyl (C=O) groups is 3. The maximum absolute atomic E-state index is 13.5. The van der Waals surface area contributed by atoms with Crippen LogP contribution in [0.4, 0.5) is 21.9 Å². The molecule has 1 unspecified atom stereocenters. The average molecular weight is 557 g/mol. The lowest BCUT2D eigenvalue weighted by atomic mass is 10.0. The molecule has 10 nitrogen and oxygen atoms in total. The van der Waals surface area contributed by atoms with Crippen molar-refractivity contribution in [3.63, 3.8) is 0 Å². The number of thiophene rings is 1. The van der Waals surface area contributed by atoms with Gasteiger partial charge < -0.3 is 20.3 Å².